The first-order chi connectivity index (χ1) is 16.9. The van der Waals surface area contributed by atoms with Gasteiger partial charge in [0, 0.05) is 53.3 Å². The molecule has 0 radical (unpaired) electrons. The zero-order chi connectivity index (χ0) is 25.8. The number of nitrogens with zero attached hydrogens (tertiary/aromatic N) is 5. The summed E-state index contributed by atoms with van der Waals surface area (Å²) in [4.78, 5) is 8.98. The van der Waals surface area contributed by atoms with Gasteiger partial charge in [0.25, 0.3) is 0 Å². The molecule has 9 heteroatoms. The minimum Gasteiger partial charge on any atom is -0.506 e. The van der Waals surface area contributed by atoms with Gasteiger partial charge in [0.1, 0.15) is 28.9 Å². The van der Waals surface area contributed by atoms with Crippen molar-refractivity contribution in [2.75, 3.05) is 0 Å². The molecule has 0 aliphatic carbocycles. The van der Waals surface area contributed by atoms with Gasteiger partial charge in [0.15, 0.2) is 6.17 Å². The third-order valence-corrected chi connectivity index (χ3v) is 6.60. The number of ether oxygens (including phenoxy) is 1. The Bertz CT molecular complexity index is 1430. The molecule has 5 rings (SSSR count). The molecule has 0 amide bonds. The number of hydrogen-bond donors (Lipinski definition) is 2. The molecular weight excluding hydrogens is 459 g/mol. The van der Waals surface area contributed by atoms with E-state index in [2.05, 4.69) is 25.5 Å². The molecule has 1 saturated heterocycles. The standard InChI is InChI=1S/C27H31FN6O2/c1-15-9-18(14-34-13-16(2)30-25(15)34)17-10-20(35)23(29-12-17)19-7-8-22(32-31-19)36-21-11-26(3,4)33-27(5,6)24(21)28/h7-10,12-14,21,24,33,35H,11H2,1-6H3/t21-,24-/m1/s1. The van der Waals surface area contributed by atoms with Crippen molar-refractivity contribution in [2.24, 2.45) is 0 Å². The van der Waals surface area contributed by atoms with Gasteiger partial charge in [-0.05, 0) is 65.3 Å². The van der Waals surface area contributed by atoms with Crippen LogP contribution in [0.3, 0.4) is 0 Å². The topological polar surface area (TPSA) is 97.5 Å². The van der Waals surface area contributed by atoms with E-state index in [0.29, 0.717) is 17.8 Å². The number of fused-ring (bicyclic) bond motifs is 1. The van der Waals surface area contributed by atoms with E-state index in [9.17, 15) is 5.11 Å². The highest BCUT2D eigenvalue weighted by molar-refractivity contribution is 5.72. The summed E-state index contributed by atoms with van der Waals surface area (Å²) in [5.74, 6) is 0.219. The van der Waals surface area contributed by atoms with Crippen LogP contribution in [0, 0.1) is 13.8 Å². The molecule has 2 atom stereocenters. The molecule has 4 aromatic rings. The summed E-state index contributed by atoms with van der Waals surface area (Å²) in [5, 5.41) is 22.4. The highest BCUT2D eigenvalue weighted by atomic mass is 19.1. The maximum Gasteiger partial charge on any atom is 0.233 e. The number of alkyl halides is 1. The van der Waals surface area contributed by atoms with Gasteiger partial charge in [-0.3, -0.25) is 0 Å². The summed E-state index contributed by atoms with van der Waals surface area (Å²) >= 11 is 0. The number of imidazole rings is 1. The number of halogens is 1. The van der Waals surface area contributed by atoms with Crippen molar-refractivity contribution >= 4 is 5.65 Å². The monoisotopic (exact) mass is 490 g/mol. The first-order valence-electron chi connectivity index (χ1n) is 12.0. The number of piperidine rings is 1. The van der Waals surface area contributed by atoms with Gasteiger partial charge in [0.05, 0.1) is 5.69 Å². The van der Waals surface area contributed by atoms with E-state index in [-0.39, 0.29) is 17.2 Å². The second-order valence-electron chi connectivity index (χ2n) is 10.9. The molecule has 8 nitrogen and oxygen atoms in total. The van der Waals surface area contributed by atoms with Crippen molar-refractivity contribution in [1.29, 1.82) is 0 Å². The van der Waals surface area contributed by atoms with Gasteiger partial charge in [-0.2, -0.15) is 0 Å². The highest BCUT2D eigenvalue weighted by Crippen LogP contribution is 2.34. The molecule has 36 heavy (non-hydrogen) atoms. The largest absolute Gasteiger partial charge is 0.506 e. The second kappa shape index (κ2) is 8.51. The van der Waals surface area contributed by atoms with Crippen LogP contribution in [0.4, 0.5) is 4.39 Å². The smallest absolute Gasteiger partial charge is 0.233 e. The highest BCUT2D eigenvalue weighted by Gasteiger charge is 2.47. The Labute approximate surface area is 209 Å². The molecule has 0 aromatic carbocycles. The average Bonchev–Trinajstić information content (AvgIpc) is 3.18. The first kappa shape index (κ1) is 24.1. The van der Waals surface area contributed by atoms with Crippen molar-refractivity contribution in [3.8, 4) is 34.1 Å². The minimum absolute atomic E-state index is 0.0132. The number of nitrogens with one attached hydrogen (secondary N) is 1. The number of aromatic hydroxyl groups is 1. The zero-order valence-electron chi connectivity index (χ0n) is 21.4. The lowest BCUT2D eigenvalue weighted by Crippen LogP contribution is -2.66. The van der Waals surface area contributed by atoms with E-state index in [4.69, 9.17) is 4.74 Å². The molecule has 5 heterocycles. The molecule has 4 aromatic heterocycles. The summed E-state index contributed by atoms with van der Waals surface area (Å²) < 4.78 is 22.9. The summed E-state index contributed by atoms with van der Waals surface area (Å²) in [5.41, 5.74) is 4.25. The Balaban J connectivity index is 1.37. The van der Waals surface area contributed by atoms with Crippen LogP contribution in [-0.2, 0) is 0 Å². The molecule has 1 aliphatic rings. The van der Waals surface area contributed by atoms with Crippen LogP contribution < -0.4 is 10.1 Å². The summed E-state index contributed by atoms with van der Waals surface area (Å²) in [6, 6.07) is 6.97. The van der Waals surface area contributed by atoms with Crippen LogP contribution in [-0.4, -0.2) is 53.0 Å². The number of aryl methyl sites for hydroxylation is 2. The Kier molecular flexibility index (Phi) is 5.70. The van der Waals surface area contributed by atoms with Gasteiger partial charge in [-0.1, -0.05) is 0 Å². The third-order valence-electron chi connectivity index (χ3n) is 6.60. The van der Waals surface area contributed by atoms with Crippen LogP contribution in [0.25, 0.3) is 28.2 Å². The van der Waals surface area contributed by atoms with Gasteiger partial charge >= 0.3 is 0 Å². The number of aromatic nitrogens is 5. The van der Waals surface area contributed by atoms with Gasteiger partial charge in [-0.15, -0.1) is 10.2 Å². The van der Waals surface area contributed by atoms with Gasteiger partial charge in [0.2, 0.25) is 5.88 Å². The molecule has 1 fully saturated rings. The lowest BCUT2D eigenvalue weighted by Gasteiger charge is -2.48. The van der Waals surface area contributed by atoms with Gasteiger partial charge in [-0.25, -0.2) is 14.4 Å². The molecule has 0 saturated carbocycles. The van der Waals surface area contributed by atoms with Crippen molar-refractivity contribution < 1.29 is 14.2 Å². The Hall–Kier alpha value is -3.59. The molecule has 1 aliphatic heterocycles. The quantitative estimate of drug-likeness (QED) is 0.424. The first-order valence-corrected chi connectivity index (χ1v) is 12.0. The second-order valence-corrected chi connectivity index (χ2v) is 10.9. The van der Waals surface area contributed by atoms with Crippen molar-refractivity contribution in [3.63, 3.8) is 0 Å². The zero-order valence-corrected chi connectivity index (χ0v) is 21.4. The van der Waals surface area contributed by atoms with Crippen molar-refractivity contribution in [2.45, 2.75) is 71.3 Å². The predicted octanol–water partition coefficient (Wildman–Crippen LogP) is 4.81. The van der Waals surface area contributed by atoms with E-state index in [0.717, 1.165) is 28.0 Å². The fraction of sp³-hybridized carbons (Fsp3) is 0.407. The van der Waals surface area contributed by atoms with Crippen LogP contribution in [0.1, 0.15) is 45.4 Å². The molecule has 0 spiro atoms. The molecule has 188 valence electrons. The van der Waals surface area contributed by atoms with Gasteiger partial charge < -0.3 is 19.6 Å². The fourth-order valence-electron chi connectivity index (χ4n) is 5.19. The number of pyridine rings is 2. The number of rotatable bonds is 4. The molecular formula is C27H31FN6O2. The average molecular weight is 491 g/mol. The third kappa shape index (κ3) is 4.51. The maximum atomic E-state index is 15.1. The molecule has 2 N–H and O–H groups in total. The Morgan fingerprint density at radius 1 is 1.08 bits per heavy atom. The summed E-state index contributed by atoms with van der Waals surface area (Å²) in [7, 11) is 0. The summed E-state index contributed by atoms with van der Waals surface area (Å²) in [6.07, 6.45) is 4.25. The van der Waals surface area contributed by atoms with Crippen LogP contribution in [0.5, 0.6) is 11.6 Å². The normalized spacial score (nSPS) is 21.0. The van der Waals surface area contributed by atoms with Crippen LogP contribution in [0.2, 0.25) is 0 Å². The van der Waals surface area contributed by atoms with E-state index >= 15 is 4.39 Å². The SMILES string of the molecule is Cc1cn2cc(-c3cnc(-c4ccc(O[C@@H]5CC(C)(C)NC(C)(C)[C@@H]5F)nn4)c(O)c3)cc(C)c2n1. The van der Waals surface area contributed by atoms with E-state index in [1.165, 1.54) is 0 Å². The fourth-order valence-corrected chi connectivity index (χ4v) is 5.19. The Morgan fingerprint density at radius 3 is 2.56 bits per heavy atom. The number of hydrogen-bond acceptors (Lipinski definition) is 7. The minimum atomic E-state index is -1.21. The lowest BCUT2D eigenvalue weighted by molar-refractivity contribution is -0.0281. The van der Waals surface area contributed by atoms with Crippen LogP contribution in [0.15, 0.2) is 42.9 Å². The van der Waals surface area contributed by atoms with E-state index < -0.39 is 17.8 Å². The molecule has 0 bridgehead atoms. The maximum absolute atomic E-state index is 15.1. The Morgan fingerprint density at radius 2 is 1.86 bits per heavy atom. The van der Waals surface area contributed by atoms with E-state index in [1.54, 1.807) is 24.4 Å². The van der Waals surface area contributed by atoms with Crippen LogP contribution >= 0.6 is 0 Å². The predicted molar refractivity (Wildman–Crippen MR) is 136 cm³/mol. The van der Waals surface area contributed by atoms with Crippen molar-refractivity contribution in [1.82, 2.24) is 29.9 Å². The van der Waals surface area contributed by atoms with E-state index in [1.807, 2.05) is 64.4 Å². The lowest BCUT2D eigenvalue weighted by atomic mass is 9.79. The summed E-state index contributed by atoms with van der Waals surface area (Å²) in [6.45, 7) is 11.7. The van der Waals surface area contributed by atoms with Crippen molar-refractivity contribution in [3.05, 3.63) is 54.1 Å². The molecule has 0 unspecified atom stereocenters.